The Morgan fingerprint density at radius 2 is 1.71 bits per heavy atom. The zero-order valence-corrected chi connectivity index (χ0v) is 10.9. The minimum absolute atomic E-state index is 0.440. The zero-order valence-electron chi connectivity index (χ0n) is 10.9. The summed E-state index contributed by atoms with van der Waals surface area (Å²) in [5.41, 5.74) is 4.08. The fourth-order valence-corrected chi connectivity index (χ4v) is 2.19. The molecule has 1 heterocycles. The average Bonchev–Trinajstić information content (AvgIpc) is 2.36. The van der Waals surface area contributed by atoms with Gasteiger partial charge in [-0.25, -0.2) is 0 Å². The maximum atomic E-state index is 2.32. The molecule has 1 atom stereocenters. The molecule has 0 aliphatic heterocycles. The molecule has 0 fully saturated rings. The second-order valence-corrected chi connectivity index (χ2v) is 4.59. The van der Waals surface area contributed by atoms with Crippen LogP contribution in [0.3, 0.4) is 0 Å². The summed E-state index contributed by atoms with van der Waals surface area (Å²) in [5, 5.41) is 0. The first-order chi connectivity index (χ1) is 8.22. The number of nitrogens with zero attached hydrogens (tertiary/aromatic N) is 1. The number of hydrogen-bond acceptors (Lipinski definition) is 0. The van der Waals surface area contributed by atoms with E-state index in [4.69, 9.17) is 0 Å². The van der Waals surface area contributed by atoms with E-state index < -0.39 is 0 Å². The normalized spacial score (nSPS) is 12.4. The van der Waals surface area contributed by atoms with Gasteiger partial charge >= 0.3 is 0 Å². The largest absolute Gasteiger partial charge is 0.198 e. The Balaban J connectivity index is 2.39. The van der Waals surface area contributed by atoms with Crippen molar-refractivity contribution >= 4 is 0 Å². The van der Waals surface area contributed by atoms with Crippen LogP contribution in [0.25, 0.3) is 0 Å². The van der Waals surface area contributed by atoms with Gasteiger partial charge in [-0.2, -0.15) is 4.57 Å². The summed E-state index contributed by atoms with van der Waals surface area (Å²) in [7, 11) is 0. The van der Waals surface area contributed by atoms with E-state index in [1.807, 2.05) is 0 Å². The molecule has 0 aliphatic rings. The van der Waals surface area contributed by atoms with Crippen molar-refractivity contribution in [3.05, 3.63) is 65.5 Å². The third-order valence-corrected chi connectivity index (χ3v) is 3.39. The summed E-state index contributed by atoms with van der Waals surface area (Å²) in [6.45, 7) is 6.56. The smallest absolute Gasteiger partial charge is 0.183 e. The van der Waals surface area contributed by atoms with Gasteiger partial charge in [0, 0.05) is 23.6 Å². The van der Waals surface area contributed by atoms with Crippen molar-refractivity contribution in [2.75, 3.05) is 0 Å². The van der Waals surface area contributed by atoms with Crippen LogP contribution in [0, 0.1) is 13.8 Å². The molecule has 2 aromatic rings. The summed E-state index contributed by atoms with van der Waals surface area (Å²) in [6, 6.07) is 13.3. The van der Waals surface area contributed by atoms with Crippen LogP contribution in [0.5, 0.6) is 0 Å². The van der Waals surface area contributed by atoms with Crippen molar-refractivity contribution in [2.24, 2.45) is 0 Å². The van der Waals surface area contributed by atoms with Gasteiger partial charge in [-0.05, 0) is 19.4 Å². The Morgan fingerprint density at radius 1 is 1.00 bits per heavy atom. The van der Waals surface area contributed by atoms with E-state index in [2.05, 4.69) is 74.1 Å². The summed E-state index contributed by atoms with van der Waals surface area (Å²) >= 11 is 0. The molecule has 0 saturated carbocycles. The second kappa shape index (κ2) is 5.13. The molecule has 1 unspecified atom stereocenters. The van der Waals surface area contributed by atoms with Crippen LogP contribution in [0.4, 0.5) is 0 Å². The van der Waals surface area contributed by atoms with Crippen LogP contribution < -0.4 is 4.57 Å². The summed E-state index contributed by atoms with van der Waals surface area (Å²) in [4.78, 5) is 0. The molecular formula is C16H20N+. The van der Waals surface area contributed by atoms with E-state index in [0.29, 0.717) is 6.04 Å². The summed E-state index contributed by atoms with van der Waals surface area (Å²) < 4.78 is 2.32. The highest BCUT2D eigenvalue weighted by Crippen LogP contribution is 2.16. The van der Waals surface area contributed by atoms with E-state index in [1.54, 1.807) is 0 Å². The fraction of sp³-hybridized carbons (Fsp3) is 0.312. The highest BCUT2D eigenvalue weighted by molar-refractivity contribution is 5.19. The van der Waals surface area contributed by atoms with E-state index in [-0.39, 0.29) is 0 Å². The molecule has 1 heteroatoms. The van der Waals surface area contributed by atoms with Crippen LogP contribution >= 0.6 is 0 Å². The molecule has 0 radical (unpaired) electrons. The summed E-state index contributed by atoms with van der Waals surface area (Å²) in [6.07, 6.45) is 5.54. The number of rotatable bonds is 3. The van der Waals surface area contributed by atoms with Gasteiger partial charge in [0.25, 0.3) is 0 Å². The maximum absolute atomic E-state index is 2.32. The van der Waals surface area contributed by atoms with E-state index in [0.717, 1.165) is 6.42 Å². The predicted molar refractivity (Wildman–Crippen MR) is 71.0 cm³/mol. The molecule has 0 N–H and O–H groups in total. The first-order valence-electron chi connectivity index (χ1n) is 6.25. The third kappa shape index (κ3) is 2.55. The van der Waals surface area contributed by atoms with Crippen LogP contribution in [0.15, 0.2) is 48.8 Å². The van der Waals surface area contributed by atoms with Gasteiger partial charge in [0.05, 0.1) is 0 Å². The van der Waals surface area contributed by atoms with E-state index in [9.17, 15) is 0 Å². The predicted octanol–water partition coefficient (Wildman–Crippen LogP) is 3.59. The topological polar surface area (TPSA) is 3.88 Å². The standard InChI is InChI=1S/C16H20N/c1-4-16(15-8-6-5-7-9-15)17-11-10-13(2)14(3)12-17/h5-12,16H,4H2,1-3H3/q+1. The molecule has 0 saturated heterocycles. The maximum Gasteiger partial charge on any atom is 0.183 e. The van der Waals surface area contributed by atoms with Crippen molar-refractivity contribution in [1.82, 2.24) is 0 Å². The van der Waals surface area contributed by atoms with Crippen LogP contribution in [-0.2, 0) is 0 Å². The van der Waals surface area contributed by atoms with Crippen LogP contribution in [-0.4, -0.2) is 0 Å². The molecule has 0 bridgehead atoms. The molecule has 0 amide bonds. The lowest BCUT2D eigenvalue weighted by molar-refractivity contribution is -0.714. The first-order valence-corrected chi connectivity index (χ1v) is 6.25. The highest BCUT2D eigenvalue weighted by atomic mass is 15.0. The lowest BCUT2D eigenvalue weighted by atomic mass is 10.0. The number of pyridine rings is 1. The van der Waals surface area contributed by atoms with Crippen molar-refractivity contribution in [3.8, 4) is 0 Å². The Bertz CT molecular complexity index is 488. The Morgan fingerprint density at radius 3 is 2.29 bits per heavy atom. The van der Waals surface area contributed by atoms with Gasteiger partial charge in [0.2, 0.25) is 0 Å². The molecule has 1 aromatic heterocycles. The van der Waals surface area contributed by atoms with Crippen LogP contribution in [0.1, 0.15) is 36.1 Å². The Kier molecular flexibility index (Phi) is 3.58. The van der Waals surface area contributed by atoms with Gasteiger partial charge in [-0.15, -0.1) is 0 Å². The van der Waals surface area contributed by atoms with E-state index in [1.165, 1.54) is 16.7 Å². The SMILES string of the molecule is CCC(c1ccccc1)[n+]1ccc(C)c(C)c1. The molecule has 1 nitrogen and oxygen atoms in total. The number of hydrogen-bond donors (Lipinski definition) is 0. The second-order valence-electron chi connectivity index (χ2n) is 4.59. The number of aryl methyl sites for hydroxylation is 2. The lowest BCUT2D eigenvalue weighted by Gasteiger charge is -2.11. The first kappa shape index (κ1) is 11.8. The number of benzene rings is 1. The minimum atomic E-state index is 0.440. The highest BCUT2D eigenvalue weighted by Gasteiger charge is 2.18. The van der Waals surface area contributed by atoms with Gasteiger partial charge < -0.3 is 0 Å². The minimum Gasteiger partial charge on any atom is -0.198 e. The monoisotopic (exact) mass is 226 g/mol. The summed E-state index contributed by atoms with van der Waals surface area (Å²) in [5.74, 6) is 0. The Hall–Kier alpha value is -1.63. The van der Waals surface area contributed by atoms with Crippen molar-refractivity contribution in [2.45, 2.75) is 33.2 Å². The molecule has 0 aliphatic carbocycles. The molecule has 1 aromatic carbocycles. The molecule has 2 rings (SSSR count). The fourth-order valence-electron chi connectivity index (χ4n) is 2.19. The van der Waals surface area contributed by atoms with E-state index >= 15 is 0 Å². The molecule has 17 heavy (non-hydrogen) atoms. The molecule has 88 valence electrons. The Labute approximate surface area is 104 Å². The van der Waals surface area contributed by atoms with Gasteiger partial charge in [-0.3, -0.25) is 0 Å². The molecule has 0 spiro atoms. The van der Waals surface area contributed by atoms with Gasteiger partial charge in [0.1, 0.15) is 0 Å². The van der Waals surface area contributed by atoms with Gasteiger partial charge in [-0.1, -0.05) is 37.3 Å². The zero-order chi connectivity index (χ0) is 12.3. The average molecular weight is 226 g/mol. The quantitative estimate of drug-likeness (QED) is 0.704. The third-order valence-electron chi connectivity index (χ3n) is 3.39. The number of aromatic nitrogens is 1. The van der Waals surface area contributed by atoms with Crippen molar-refractivity contribution in [1.29, 1.82) is 0 Å². The lowest BCUT2D eigenvalue weighted by Crippen LogP contribution is -2.39. The van der Waals surface area contributed by atoms with Gasteiger partial charge in [0.15, 0.2) is 18.4 Å². The van der Waals surface area contributed by atoms with Crippen LogP contribution in [0.2, 0.25) is 0 Å². The van der Waals surface area contributed by atoms with Crippen molar-refractivity contribution < 1.29 is 4.57 Å². The van der Waals surface area contributed by atoms with Crippen molar-refractivity contribution in [3.63, 3.8) is 0 Å². The molecular weight excluding hydrogens is 206 g/mol.